The molecule has 2 aromatic heterocycles. The summed E-state index contributed by atoms with van der Waals surface area (Å²) in [7, 11) is 0. The number of anilines is 1. The van der Waals surface area contributed by atoms with E-state index >= 15 is 0 Å². The van der Waals surface area contributed by atoms with Crippen LogP contribution in [0.1, 0.15) is 11.3 Å². The summed E-state index contributed by atoms with van der Waals surface area (Å²) in [5.74, 6) is 0.549. The van der Waals surface area contributed by atoms with Gasteiger partial charge in [0, 0.05) is 23.7 Å². The molecule has 0 spiro atoms. The summed E-state index contributed by atoms with van der Waals surface area (Å²) in [6, 6.07) is 16.1. The number of fused-ring (bicyclic) bond motifs is 1. The Morgan fingerprint density at radius 3 is 2.78 bits per heavy atom. The van der Waals surface area contributed by atoms with Crippen molar-refractivity contribution in [2.75, 3.05) is 5.73 Å². The second kappa shape index (κ2) is 4.45. The number of nitrogens with two attached hydrogens (primary N) is 1. The van der Waals surface area contributed by atoms with E-state index in [1.54, 1.807) is 6.20 Å². The molecule has 0 saturated heterocycles. The van der Waals surface area contributed by atoms with Crippen LogP contribution in [0.15, 0.2) is 54.7 Å². The van der Waals surface area contributed by atoms with Crippen molar-refractivity contribution < 1.29 is 0 Å². The molecule has 0 aliphatic rings. The average molecular weight is 235 g/mol. The third kappa shape index (κ3) is 2.15. The van der Waals surface area contributed by atoms with Gasteiger partial charge in [0.15, 0.2) is 0 Å². The Kier molecular flexibility index (Phi) is 2.65. The molecule has 0 aliphatic heterocycles. The Morgan fingerprint density at radius 1 is 1.00 bits per heavy atom. The smallest absolute Gasteiger partial charge is 0.123 e. The molecule has 3 heteroatoms. The average Bonchev–Trinajstić information content (AvgIpc) is 2.39. The van der Waals surface area contributed by atoms with E-state index in [1.807, 2.05) is 30.3 Å². The topological polar surface area (TPSA) is 51.8 Å². The number of pyridine rings is 2. The second-order valence-electron chi connectivity index (χ2n) is 4.26. The Hall–Kier alpha value is -2.42. The maximum Gasteiger partial charge on any atom is 0.123 e. The van der Waals surface area contributed by atoms with Crippen molar-refractivity contribution in [3.63, 3.8) is 0 Å². The molecular formula is C15H13N3. The summed E-state index contributed by atoms with van der Waals surface area (Å²) < 4.78 is 0. The maximum absolute atomic E-state index is 5.67. The summed E-state index contributed by atoms with van der Waals surface area (Å²) in [6.45, 7) is 0. The quantitative estimate of drug-likeness (QED) is 0.743. The van der Waals surface area contributed by atoms with E-state index in [4.69, 9.17) is 5.73 Å². The van der Waals surface area contributed by atoms with Crippen LogP contribution >= 0.6 is 0 Å². The van der Waals surface area contributed by atoms with Crippen molar-refractivity contribution in [3.8, 4) is 0 Å². The first-order chi connectivity index (χ1) is 8.81. The van der Waals surface area contributed by atoms with Crippen LogP contribution in [0.3, 0.4) is 0 Å². The molecule has 3 rings (SSSR count). The van der Waals surface area contributed by atoms with Crippen molar-refractivity contribution >= 4 is 16.7 Å². The summed E-state index contributed by atoms with van der Waals surface area (Å²) in [5, 5.41) is 1.16. The lowest BCUT2D eigenvalue weighted by atomic mass is 10.1. The number of nitrogens with zero attached hydrogens (tertiary/aromatic N) is 2. The monoisotopic (exact) mass is 235 g/mol. The summed E-state index contributed by atoms with van der Waals surface area (Å²) in [5.41, 5.74) is 8.87. The lowest BCUT2D eigenvalue weighted by Gasteiger charge is -2.03. The van der Waals surface area contributed by atoms with Crippen molar-refractivity contribution in [2.24, 2.45) is 0 Å². The van der Waals surface area contributed by atoms with Gasteiger partial charge in [-0.3, -0.25) is 4.98 Å². The van der Waals surface area contributed by atoms with E-state index in [2.05, 4.69) is 28.2 Å². The molecule has 3 nitrogen and oxygen atoms in total. The highest BCUT2D eigenvalue weighted by molar-refractivity contribution is 5.78. The van der Waals surface area contributed by atoms with Gasteiger partial charge in [-0.2, -0.15) is 0 Å². The van der Waals surface area contributed by atoms with Crippen LogP contribution < -0.4 is 5.73 Å². The largest absolute Gasteiger partial charge is 0.384 e. The molecule has 0 radical (unpaired) electrons. The van der Waals surface area contributed by atoms with E-state index in [0.29, 0.717) is 5.82 Å². The fourth-order valence-corrected chi connectivity index (χ4v) is 2.02. The molecule has 88 valence electrons. The molecule has 0 unspecified atom stereocenters. The normalized spacial score (nSPS) is 10.7. The number of rotatable bonds is 2. The van der Waals surface area contributed by atoms with Crippen LogP contribution in [0.5, 0.6) is 0 Å². The van der Waals surface area contributed by atoms with Crippen LogP contribution in [0.4, 0.5) is 5.82 Å². The fraction of sp³-hybridized carbons (Fsp3) is 0.0667. The van der Waals surface area contributed by atoms with Crippen molar-refractivity contribution in [2.45, 2.75) is 6.42 Å². The number of para-hydroxylation sites is 1. The van der Waals surface area contributed by atoms with Crippen molar-refractivity contribution in [1.82, 2.24) is 9.97 Å². The van der Waals surface area contributed by atoms with Gasteiger partial charge in [-0.1, -0.05) is 24.3 Å². The highest BCUT2D eigenvalue weighted by Gasteiger charge is 2.00. The molecule has 2 heterocycles. The Bertz CT molecular complexity index is 692. The number of aromatic nitrogens is 2. The second-order valence-corrected chi connectivity index (χ2v) is 4.26. The van der Waals surface area contributed by atoms with Crippen LogP contribution in [-0.2, 0) is 6.42 Å². The Balaban J connectivity index is 1.95. The van der Waals surface area contributed by atoms with Crippen LogP contribution in [0, 0.1) is 0 Å². The summed E-state index contributed by atoms with van der Waals surface area (Å²) in [4.78, 5) is 8.63. The van der Waals surface area contributed by atoms with Crippen molar-refractivity contribution in [3.05, 3.63) is 66.0 Å². The van der Waals surface area contributed by atoms with Crippen LogP contribution in [-0.4, -0.2) is 9.97 Å². The molecule has 3 aromatic rings. The first-order valence-corrected chi connectivity index (χ1v) is 5.86. The number of benzene rings is 1. The van der Waals surface area contributed by atoms with Gasteiger partial charge in [0.25, 0.3) is 0 Å². The molecule has 0 atom stereocenters. The molecule has 0 aliphatic carbocycles. The van der Waals surface area contributed by atoms with Gasteiger partial charge in [-0.15, -0.1) is 0 Å². The molecule has 0 fully saturated rings. The van der Waals surface area contributed by atoms with Gasteiger partial charge in [-0.05, 0) is 29.8 Å². The van der Waals surface area contributed by atoms with Crippen LogP contribution in [0.25, 0.3) is 10.9 Å². The van der Waals surface area contributed by atoms with E-state index < -0.39 is 0 Å². The van der Waals surface area contributed by atoms with E-state index in [-0.39, 0.29) is 0 Å². The predicted molar refractivity (Wildman–Crippen MR) is 73.2 cm³/mol. The van der Waals surface area contributed by atoms with Gasteiger partial charge < -0.3 is 5.73 Å². The minimum Gasteiger partial charge on any atom is -0.384 e. The molecule has 1 aromatic carbocycles. The number of hydrogen-bond acceptors (Lipinski definition) is 3. The molecular weight excluding hydrogens is 222 g/mol. The lowest BCUT2D eigenvalue weighted by Crippen LogP contribution is -1.95. The zero-order valence-electron chi connectivity index (χ0n) is 9.88. The zero-order chi connectivity index (χ0) is 12.4. The lowest BCUT2D eigenvalue weighted by molar-refractivity contribution is 1.09. The standard InChI is InChI=1S/C15H13N3/c16-15-10-11(7-8-17-15)9-13-6-5-12-3-1-2-4-14(12)18-13/h1-8,10H,9H2,(H2,16,17). The third-order valence-electron chi connectivity index (χ3n) is 2.89. The Morgan fingerprint density at radius 2 is 1.89 bits per heavy atom. The number of nitrogen functional groups attached to an aromatic ring is 1. The minimum atomic E-state index is 0.549. The predicted octanol–water partition coefficient (Wildman–Crippen LogP) is 2.80. The Labute approximate surface area is 105 Å². The number of hydrogen-bond donors (Lipinski definition) is 1. The highest BCUT2D eigenvalue weighted by atomic mass is 14.8. The van der Waals surface area contributed by atoms with Crippen molar-refractivity contribution in [1.29, 1.82) is 0 Å². The van der Waals surface area contributed by atoms with E-state index in [9.17, 15) is 0 Å². The van der Waals surface area contributed by atoms with E-state index in [0.717, 1.165) is 28.6 Å². The summed E-state index contributed by atoms with van der Waals surface area (Å²) >= 11 is 0. The molecule has 0 bridgehead atoms. The summed E-state index contributed by atoms with van der Waals surface area (Å²) in [6.07, 6.45) is 2.50. The van der Waals surface area contributed by atoms with Gasteiger partial charge in [0.1, 0.15) is 5.82 Å². The SMILES string of the molecule is Nc1cc(Cc2ccc3ccccc3n2)ccn1. The molecule has 0 saturated carbocycles. The highest BCUT2D eigenvalue weighted by Crippen LogP contribution is 2.14. The molecule has 18 heavy (non-hydrogen) atoms. The first-order valence-electron chi connectivity index (χ1n) is 5.86. The zero-order valence-corrected chi connectivity index (χ0v) is 9.88. The van der Waals surface area contributed by atoms with Gasteiger partial charge >= 0.3 is 0 Å². The van der Waals surface area contributed by atoms with Gasteiger partial charge in [0.2, 0.25) is 0 Å². The van der Waals surface area contributed by atoms with E-state index in [1.165, 1.54) is 0 Å². The van der Waals surface area contributed by atoms with Gasteiger partial charge in [-0.25, -0.2) is 4.98 Å². The maximum atomic E-state index is 5.67. The first kappa shape index (κ1) is 10.7. The molecule has 2 N–H and O–H groups in total. The van der Waals surface area contributed by atoms with Gasteiger partial charge in [0.05, 0.1) is 5.52 Å². The third-order valence-corrected chi connectivity index (χ3v) is 2.89. The van der Waals surface area contributed by atoms with Crippen LogP contribution in [0.2, 0.25) is 0 Å². The minimum absolute atomic E-state index is 0.549. The molecule has 0 amide bonds. The fourth-order valence-electron chi connectivity index (χ4n) is 2.02.